The van der Waals surface area contributed by atoms with Gasteiger partial charge in [-0.25, -0.2) is 9.36 Å². The monoisotopic (exact) mass is 577 g/mol. The highest BCUT2D eigenvalue weighted by molar-refractivity contribution is 7.52. The zero-order valence-corrected chi connectivity index (χ0v) is 22.9. The molecule has 0 bridgehead atoms. The van der Waals surface area contributed by atoms with Gasteiger partial charge >= 0.3 is 19.4 Å². The third-order valence-corrected chi connectivity index (χ3v) is 8.43. The van der Waals surface area contributed by atoms with Crippen LogP contribution >= 0.6 is 7.75 Å². The van der Waals surface area contributed by atoms with E-state index in [1.165, 1.54) is 26.1 Å². The lowest BCUT2D eigenvalue weighted by atomic mass is 9.93. The summed E-state index contributed by atoms with van der Waals surface area (Å²) in [5.74, 6) is -0.453. The molecule has 1 aromatic heterocycles. The molecule has 6 atom stereocenters. The predicted molar refractivity (Wildman–Crippen MR) is 142 cm³/mol. The number of carbonyl (C=O) groups excluding carboxylic acids is 1. The summed E-state index contributed by atoms with van der Waals surface area (Å²) in [6.07, 6.45) is 0.522. The Kier molecular flexibility index (Phi) is 9.14. The van der Waals surface area contributed by atoms with Crippen molar-refractivity contribution in [1.82, 2.24) is 14.6 Å². The highest BCUT2D eigenvalue weighted by atomic mass is 31.2. The van der Waals surface area contributed by atoms with E-state index in [1.54, 1.807) is 30.3 Å². The second-order valence-electron chi connectivity index (χ2n) is 9.82. The number of hydrogen-bond donors (Lipinski definition) is 3. The van der Waals surface area contributed by atoms with E-state index < -0.39 is 56.0 Å². The number of nitrogens with two attached hydrogens (primary N) is 1. The largest absolute Gasteiger partial charge is 0.461 e. The molecule has 1 aliphatic carbocycles. The molecule has 4 rings (SSSR count). The van der Waals surface area contributed by atoms with Crippen molar-refractivity contribution in [2.24, 2.45) is 5.11 Å². The van der Waals surface area contributed by atoms with Crippen molar-refractivity contribution in [2.75, 3.05) is 12.3 Å². The van der Waals surface area contributed by atoms with Crippen molar-refractivity contribution in [3.8, 4) is 5.75 Å². The smallest absolute Gasteiger partial charge is 0.459 e. The number of aliphatic hydroxyl groups excluding tert-OH is 1. The van der Waals surface area contributed by atoms with Gasteiger partial charge in [0.1, 0.15) is 35.4 Å². The quantitative estimate of drug-likeness (QED) is 0.116. The van der Waals surface area contributed by atoms with Crippen LogP contribution < -0.4 is 21.0 Å². The van der Waals surface area contributed by atoms with Gasteiger partial charge in [-0.15, -0.1) is 0 Å². The number of esters is 1. The fraction of sp³-hybridized carbons (Fsp3) is 0.542. The number of hydrogen-bond acceptors (Lipinski definition) is 11. The van der Waals surface area contributed by atoms with Gasteiger partial charge in [0.25, 0.3) is 0 Å². The van der Waals surface area contributed by atoms with E-state index in [9.17, 15) is 19.3 Å². The van der Waals surface area contributed by atoms with Crippen molar-refractivity contribution in [1.29, 1.82) is 0 Å². The van der Waals surface area contributed by atoms with Crippen LogP contribution in [-0.4, -0.2) is 57.1 Å². The highest BCUT2D eigenvalue weighted by Gasteiger charge is 2.55. The second-order valence-corrected chi connectivity index (χ2v) is 11.5. The van der Waals surface area contributed by atoms with Gasteiger partial charge in [0, 0.05) is 11.1 Å². The van der Waals surface area contributed by atoms with E-state index in [0.717, 1.165) is 30.3 Å². The molecule has 2 aliphatic rings. The van der Waals surface area contributed by atoms with Crippen LogP contribution in [0.15, 0.2) is 52.5 Å². The molecule has 1 aliphatic heterocycles. The molecule has 1 unspecified atom stereocenters. The van der Waals surface area contributed by atoms with Crippen LogP contribution in [0.25, 0.3) is 10.4 Å². The first-order chi connectivity index (χ1) is 19.0. The van der Waals surface area contributed by atoms with E-state index in [4.69, 9.17) is 29.8 Å². The number of azide groups is 1. The van der Waals surface area contributed by atoms with Gasteiger partial charge in [0.15, 0.2) is 6.23 Å². The average molecular weight is 578 g/mol. The summed E-state index contributed by atoms with van der Waals surface area (Å²) in [6.45, 7) is 2.33. The number of benzene rings is 1. The molecule has 2 aromatic rings. The first-order valence-electron chi connectivity index (χ1n) is 12.8. The zero-order chi connectivity index (χ0) is 28.9. The van der Waals surface area contributed by atoms with E-state index in [-0.39, 0.29) is 17.7 Å². The maximum Gasteiger partial charge on any atom is 0.459 e. The number of ether oxygens (including phenoxy) is 2. The number of nitrogens with zero attached hydrogens (tertiary/aromatic N) is 5. The molecule has 4 N–H and O–H groups in total. The molecule has 15 nitrogen and oxygen atoms in total. The first-order valence-corrected chi connectivity index (χ1v) is 14.3. The van der Waals surface area contributed by atoms with Crippen LogP contribution in [0.2, 0.25) is 0 Å². The molecule has 216 valence electrons. The van der Waals surface area contributed by atoms with Crippen molar-refractivity contribution < 1.29 is 33.0 Å². The van der Waals surface area contributed by atoms with Crippen LogP contribution in [0.4, 0.5) is 5.82 Å². The fourth-order valence-electron chi connectivity index (χ4n) is 4.63. The normalized spacial score (nSPS) is 26.9. The number of anilines is 1. The van der Waals surface area contributed by atoms with Crippen LogP contribution in [0.1, 0.15) is 45.8 Å². The molecule has 1 saturated carbocycles. The molecular formula is C24H32N7O8P. The molecule has 0 spiro atoms. The van der Waals surface area contributed by atoms with Crippen molar-refractivity contribution >= 4 is 19.5 Å². The number of rotatable bonds is 11. The standard InChI is InChI=1S/C24H32N7O8P/c1-15(21(33)37-16-8-6-7-9-16)28-40(35,39-17-10-4-3-5-11-17)36-14-18-20(32)24(2,29-30-26)22(38-18)31-13-12-19(25)27-23(31)34/h3-5,10-13,15-16,18,20,22,32H,6-9,14H2,1-2H3,(H,28,35)(H2,25,27,34)/t15-,18+,20+,22+,24+,40?/m0/s1. The summed E-state index contributed by atoms with van der Waals surface area (Å²) in [6, 6.07) is 8.44. The SMILES string of the molecule is C[C@H](NP(=O)(OC[C@H]1O[C@@H](n2ccc(N)nc2=O)[C@](C)(N=[N+]=[N-])[C@@H]1O)Oc1ccccc1)C(=O)OC1CCCC1. The second kappa shape index (κ2) is 12.4. The molecule has 0 radical (unpaired) electrons. The van der Waals surface area contributed by atoms with Gasteiger partial charge < -0.3 is 24.8 Å². The third-order valence-electron chi connectivity index (χ3n) is 6.79. The Balaban J connectivity index is 1.54. The third kappa shape index (κ3) is 6.64. The summed E-state index contributed by atoms with van der Waals surface area (Å²) in [5, 5.41) is 17.4. The number of nitrogens with one attached hydrogen (secondary N) is 1. The average Bonchev–Trinajstić information content (AvgIpc) is 3.50. The number of aromatic nitrogens is 2. The molecule has 2 fully saturated rings. The van der Waals surface area contributed by atoms with Crippen LogP contribution in [0, 0.1) is 0 Å². The van der Waals surface area contributed by atoms with Crippen LogP contribution in [0.5, 0.6) is 5.75 Å². The van der Waals surface area contributed by atoms with Crippen LogP contribution in [0.3, 0.4) is 0 Å². The minimum atomic E-state index is -4.28. The van der Waals surface area contributed by atoms with E-state index >= 15 is 0 Å². The van der Waals surface area contributed by atoms with Gasteiger partial charge in [0.2, 0.25) is 0 Å². The molecule has 40 heavy (non-hydrogen) atoms. The Hall–Kier alpha value is -3.45. The van der Waals surface area contributed by atoms with Gasteiger partial charge in [-0.2, -0.15) is 10.1 Å². The Labute approximate surface area is 229 Å². The van der Waals surface area contributed by atoms with Crippen molar-refractivity contribution in [2.45, 2.75) is 75.7 Å². The molecule has 16 heteroatoms. The van der Waals surface area contributed by atoms with Crippen molar-refractivity contribution in [3.05, 3.63) is 63.5 Å². The predicted octanol–water partition coefficient (Wildman–Crippen LogP) is 2.82. The zero-order valence-electron chi connectivity index (χ0n) is 22.0. The molecule has 2 heterocycles. The molecule has 0 amide bonds. The van der Waals surface area contributed by atoms with Crippen LogP contribution in [-0.2, 0) is 23.4 Å². The Morgan fingerprint density at radius 3 is 2.73 bits per heavy atom. The lowest BCUT2D eigenvalue weighted by Crippen LogP contribution is -2.45. The maximum atomic E-state index is 13.9. The van der Waals surface area contributed by atoms with E-state index in [2.05, 4.69) is 20.1 Å². The Bertz CT molecular complexity index is 1350. The van der Waals surface area contributed by atoms with E-state index in [0.29, 0.717) is 0 Å². The lowest BCUT2D eigenvalue weighted by Gasteiger charge is -2.28. The minimum absolute atomic E-state index is 0.0317. The fourth-order valence-corrected chi connectivity index (χ4v) is 6.13. The molecule has 1 saturated heterocycles. The molecular weight excluding hydrogens is 545 g/mol. The Morgan fingerprint density at radius 1 is 1.38 bits per heavy atom. The summed E-state index contributed by atoms with van der Waals surface area (Å²) in [7, 11) is -4.28. The van der Waals surface area contributed by atoms with Gasteiger partial charge in [-0.05, 0) is 63.3 Å². The highest BCUT2D eigenvalue weighted by Crippen LogP contribution is 2.47. The summed E-state index contributed by atoms with van der Waals surface area (Å²) in [5.41, 5.74) is 12.3. The minimum Gasteiger partial charge on any atom is -0.461 e. The lowest BCUT2D eigenvalue weighted by molar-refractivity contribution is -0.150. The molecule has 1 aromatic carbocycles. The van der Waals surface area contributed by atoms with Gasteiger partial charge in [-0.3, -0.25) is 13.9 Å². The summed E-state index contributed by atoms with van der Waals surface area (Å²) >= 11 is 0. The van der Waals surface area contributed by atoms with Gasteiger partial charge in [-0.1, -0.05) is 23.3 Å². The number of aliphatic hydroxyl groups is 1. The summed E-state index contributed by atoms with van der Waals surface area (Å²) < 4.78 is 37.6. The Morgan fingerprint density at radius 2 is 2.08 bits per heavy atom. The number of nitrogen functional groups attached to an aromatic ring is 1. The van der Waals surface area contributed by atoms with Crippen molar-refractivity contribution in [3.63, 3.8) is 0 Å². The maximum absolute atomic E-state index is 13.9. The number of carbonyl (C=O) groups is 1. The number of para-hydroxylation sites is 1. The summed E-state index contributed by atoms with van der Waals surface area (Å²) in [4.78, 5) is 31.6. The topological polar surface area (TPSA) is 213 Å². The van der Waals surface area contributed by atoms with E-state index in [1.807, 2.05) is 0 Å². The first kappa shape index (κ1) is 29.5. The van der Waals surface area contributed by atoms with Gasteiger partial charge in [0.05, 0.1) is 12.7 Å².